The summed E-state index contributed by atoms with van der Waals surface area (Å²) in [5, 5.41) is 17.3. The number of hydrogen-bond acceptors (Lipinski definition) is 5. The van der Waals surface area contributed by atoms with E-state index in [9.17, 15) is 9.59 Å². The van der Waals surface area contributed by atoms with Gasteiger partial charge in [-0.3, -0.25) is 14.5 Å². The number of benzene rings is 1. The third-order valence-corrected chi connectivity index (χ3v) is 4.38. The van der Waals surface area contributed by atoms with Crippen LogP contribution in [0, 0.1) is 11.3 Å². The second-order valence-corrected chi connectivity index (χ2v) is 6.72. The number of halogens is 1. The van der Waals surface area contributed by atoms with E-state index in [2.05, 4.69) is 10.6 Å². The van der Waals surface area contributed by atoms with E-state index < -0.39 is 0 Å². The molecule has 1 aromatic heterocycles. The van der Waals surface area contributed by atoms with Crippen LogP contribution in [0.3, 0.4) is 0 Å². The van der Waals surface area contributed by atoms with Crippen LogP contribution in [0.25, 0.3) is 0 Å². The zero-order chi connectivity index (χ0) is 18.2. The average Bonchev–Trinajstić information content (AvgIpc) is 3.02. The van der Waals surface area contributed by atoms with Gasteiger partial charge in [-0.05, 0) is 42.8 Å². The van der Waals surface area contributed by atoms with Crippen molar-refractivity contribution in [3.8, 4) is 6.07 Å². The molecule has 0 aliphatic heterocycles. The van der Waals surface area contributed by atoms with Crippen LogP contribution < -0.4 is 10.6 Å². The number of carbonyl (C=O) groups excluding carboxylic acids is 2. The van der Waals surface area contributed by atoms with Crippen LogP contribution in [-0.4, -0.2) is 36.9 Å². The number of anilines is 2. The fourth-order valence-corrected chi connectivity index (χ4v) is 2.91. The highest BCUT2D eigenvalue weighted by Gasteiger charge is 2.11. The minimum absolute atomic E-state index is 0.165. The van der Waals surface area contributed by atoms with E-state index in [1.807, 2.05) is 6.07 Å². The monoisotopic (exact) mass is 376 g/mol. The zero-order valence-electron chi connectivity index (χ0n) is 13.6. The number of likely N-dealkylation sites (N-methyl/N-ethyl adjacent to an activating group) is 1. The fraction of sp³-hybridized carbons (Fsp3) is 0.235. The summed E-state index contributed by atoms with van der Waals surface area (Å²) >= 11 is 7.11. The summed E-state index contributed by atoms with van der Waals surface area (Å²) in [6.45, 7) is 0.589. The third-order valence-electron chi connectivity index (χ3n) is 3.30. The highest BCUT2D eigenvalue weighted by Crippen LogP contribution is 2.22. The Labute approximate surface area is 155 Å². The summed E-state index contributed by atoms with van der Waals surface area (Å²) in [5.41, 5.74) is 1.12. The highest BCUT2D eigenvalue weighted by molar-refractivity contribution is 7.14. The highest BCUT2D eigenvalue weighted by atomic mass is 35.5. The van der Waals surface area contributed by atoms with Gasteiger partial charge in [0.2, 0.25) is 11.8 Å². The van der Waals surface area contributed by atoms with E-state index in [-0.39, 0.29) is 24.8 Å². The number of thiophene rings is 1. The molecule has 2 aromatic rings. The molecule has 0 bridgehead atoms. The Bertz CT molecular complexity index is 783. The van der Waals surface area contributed by atoms with Gasteiger partial charge in [0.25, 0.3) is 0 Å². The van der Waals surface area contributed by atoms with E-state index >= 15 is 0 Å². The zero-order valence-corrected chi connectivity index (χ0v) is 15.2. The van der Waals surface area contributed by atoms with Crippen LogP contribution in [0.1, 0.15) is 12.0 Å². The van der Waals surface area contributed by atoms with Crippen molar-refractivity contribution in [3.63, 3.8) is 0 Å². The Morgan fingerprint density at radius 1 is 1.20 bits per heavy atom. The molecule has 8 heteroatoms. The van der Waals surface area contributed by atoms with E-state index in [4.69, 9.17) is 16.9 Å². The topological polar surface area (TPSA) is 85.2 Å². The molecule has 0 fully saturated rings. The lowest BCUT2D eigenvalue weighted by Crippen LogP contribution is -2.32. The summed E-state index contributed by atoms with van der Waals surface area (Å²) in [6.07, 6.45) is 0.230. The number of amides is 2. The van der Waals surface area contributed by atoms with Crippen LogP contribution in [0.2, 0.25) is 5.02 Å². The van der Waals surface area contributed by atoms with Gasteiger partial charge in [-0.1, -0.05) is 11.6 Å². The molecule has 0 radical (unpaired) electrons. The molecule has 130 valence electrons. The van der Waals surface area contributed by atoms with Crippen molar-refractivity contribution in [2.75, 3.05) is 30.8 Å². The summed E-state index contributed by atoms with van der Waals surface area (Å²) in [5.74, 6) is -0.362. The first-order chi connectivity index (χ1) is 12.0. The normalized spacial score (nSPS) is 10.3. The summed E-state index contributed by atoms with van der Waals surface area (Å²) in [4.78, 5) is 25.7. The van der Waals surface area contributed by atoms with E-state index in [1.54, 1.807) is 47.7 Å². The minimum atomic E-state index is -0.191. The molecule has 1 aromatic carbocycles. The largest absolute Gasteiger partial charge is 0.325 e. The molecule has 0 unspecified atom stereocenters. The van der Waals surface area contributed by atoms with Crippen LogP contribution in [0.5, 0.6) is 0 Å². The molecule has 2 amide bonds. The average molecular weight is 377 g/mol. The summed E-state index contributed by atoms with van der Waals surface area (Å²) in [7, 11) is 1.76. The molecule has 0 saturated carbocycles. The number of nitriles is 1. The predicted molar refractivity (Wildman–Crippen MR) is 99.9 cm³/mol. The van der Waals surface area contributed by atoms with Crippen molar-refractivity contribution < 1.29 is 9.59 Å². The SMILES string of the molecule is CN(CCC(=O)Nc1sccc1C#N)CC(=O)Nc1ccc(Cl)cc1. The second-order valence-electron chi connectivity index (χ2n) is 5.37. The lowest BCUT2D eigenvalue weighted by Gasteiger charge is -2.16. The summed E-state index contributed by atoms with van der Waals surface area (Å²) in [6, 6.07) is 10.5. The Kier molecular flexibility index (Phi) is 6.95. The van der Waals surface area contributed by atoms with Gasteiger partial charge in [0.05, 0.1) is 12.1 Å². The van der Waals surface area contributed by atoms with E-state index in [0.29, 0.717) is 27.8 Å². The Balaban J connectivity index is 1.73. The molecular formula is C17H17ClN4O2S. The predicted octanol–water partition coefficient (Wildman–Crippen LogP) is 3.17. The molecule has 0 saturated heterocycles. The lowest BCUT2D eigenvalue weighted by atomic mass is 10.3. The first-order valence-corrected chi connectivity index (χ1v) is 8.75. The molecule has 0 atom stereocenters. The van der Waals surface area contributed by atoms with Gasteiger partial charge in [0, 0.05) is 23.7 Å². The number of rotatable bonds is 7. The smallest absolute Gasteiger partial charge is 0.238 e. The van der Waals surface area contributed by atoms with Gasteiger partial charge < -0.3 is 10.6 Å². The molecule has 25 heavy (non-hydrogen) atoms. The number of hydrogen-bond donors (Lipinski definition) is 2. The first-order valence-electron chi connectivity index (χ1n) is 7.49. The van der Waals surface area contributed by atoms with Gasteiger partial charge >= 0.3 is 0 Å². The number of nitrogens with zero attached hydrogens (tertiary/aromatic N) is 2. The van der Waals surface area contributed by atoms with Crippen molar-refractivity contribution in [1.29, 1.82) is 5.26 Å². The molecule has 1 heterocycles. The maximum absolute atomic E-state index is 12.0. The molecular weight excluding hydrogens is 360 g/mol. The molecule has 2 N–H and O–H groups in total. The Hall–Kier alpha value is -2.40. The standard InChI is InChI=1S/C17H17ClN4O2S/c1-22(11-16(24)20-14-4-2-13(18)3-5-14)8-6-15(23)21-17-12(10-19)7-9-25-17/h2-5,7,9H,6,8,11H2,1H3,(H,20,24)(H,21,23). The van der Waals surface area contributed by atoms with Gasteiger partial charge in [0.15, 0.2) is 0 Å². The molecule has 2 rings (SSSR count). The Morgan fingerprint density at radius 3 is 2.60 bits per heavy atom. The van der Waals surface area contributed by atoms with Crippen molar-refractivity contribution in [2.24, 2.45) is 0 Å². The molecule has 0 aliphatic rings. The summed E-state index contributed by atoms with van der Waals surface area (Å²) < 4.78 is 0. The van der Waals surface area contributed by atoms with Crippen LogP contribution in [0.4, 0.5) is 10.7 Å². The van der Waals surface area contributed by atoms with Crippen LogP contribution >= 0.6 is 22.9 Å². The molecule has 6 nitrogen and oxygen atoms in total. The quantitative estimate of drug-likeness (QED) is 0.777. The van der Waals surface area contributed by atoms with Crippen molar-refractivity contribution in [3.05, 3.63) is 46.3 Å². The van der Waals surface area contributed by atoms with Crippen LogP contribution in [-0.2, 0) is 9.59 Å². The fourth-order valence-electron chi connectivity index (χ4n) is 2.03. The van der Waals surface area contributed by atoms with Gasteiger partial charge in [0.1, 0.15) is 11.1 Å². The van der Waals surface area contributed by atoms with Crippen molar-refractivity contribution in [1.82, 2.24) is 4.90 Å². The van der Waals surface area contributed by atoms with Crippen molar-refractivity contribution in [2.45, 2.75) is 6.42 Å². The number of nitrogens with one attached hydrogen (secondary N) is 2. The van der Waals surface area contributed by atoms with Crippen LogP contribution in [0.15, 0.2) is 35.7 Å². The minimum Gasteiger partial charge on any atom is -0.325 e. The molecule has 0 aliphatic carbocycles. The van der Waals surface area contributed by atoms with E-state index in [0.717, 1.165) is 0 Å². The van der Waals surface area contributed by atoms with Gasteiger partial charge in [-0.15, -0.1) is 11.3 Å². The lowest BCUT2D eigenvalue weighted by molar-refractivity contribution is -0.119. The third kappa shape index (κ3) is 6.19. The maximum atomic E-state index is 12.0. The second kappa shape index (κ2) is 9.18. The maximum Gasteiger partial charge on any atom is 0.238 e. The molecule has 0 spiro atoms. The number of carbonyl (C=O) groups is 2. The van der Waals surface area contributed by atoms with E-state index in [1.165, 1.54) is 11.3 Å². The first kappa shape index (κ1) is 18.9. The Morgan fingerprint density at radius 2 is 1.92 bits per heavy atom. The van der Waals surface area contributed by atoms with Crippen molar-refractivity contribution >= 4 is 45.4 Å². The van der Waals surface area contributed by atoms with Gasteiger partial charge in [-0.2, -0.15) is 5.26 Å². The van der Waals surface area contributed by atoms with Gasteiger partial charge in [-0.25, -0.2) is 0 Å².